The fourth-order valence-electron chi connectivity index (χ4n) is 6.65. The van der Waals surface area contributed by atoms with Gasteiger partial charge in [-0.05, 0) is 76.5 Å². The van der Waals surface area contributed by atoms with Crippen molar-refractivity contribution < 1.29 is 23.2 Å². The molecule has 0 aliphatic carbocycles. The first kappa shape index (κ1) is 37.4. The second kappa shape index (κ2) is 16.6. The summed E-state index contributed by atoms with van der Waals surface area (Å²) in [5.74, 6) is -0.0702. The Hall–Kier alpha value is -5.96. The molecule has 0 unspecified atom stereocenters. The molecule has 7 rings (SSSR count). The molecule has 0 spiro atoms. The Morgan fingerprint density at radius 2 is 1.58 bits per heavy atom. The quantitative estimate of drug-likeness (QED) is 0.0473. The molecule has 280 valence electrons. The van der Waals surface area contributed by atoms with Crippen LogP contribution in [0.15, 0.2) is 137 Å². The number of aromatic nitrogens is 1. The van der Waals surface area contributed by atoms with Crippen LogP contribution in [0.5, 0.6) is 5.75 Å². The summed E-state index contributed by atoms with van der Waals surface area (Å²) < 4.78 is 28.4. The van der Waals surface area contributed by atoms with E-state index in [-0.39, 0.29) is 21.9 Å². The van der Waals surface area contributed by atoms with Crippen LogP contribution in [0.1, 0.15) is 15.9 Å². The molecular weight excluding hydrogens is 737 g/mol. The van der Waals surface area contributed by atoms with E-state index in [0.29, 0.717) is 12.3 Å². The summed E-state index contributed by atoms with van der Waals surface area (Å²) in [6, 6.07) is 34.2. The highest BCUT2D eigenvalue weighted by molar-refractivity contribution is 7.99. The maximum absolute atomic E-state index is 13.2. The number of thioether (sulfide) groups is 1. The zero-order chi connectivity index (χ0) is 38.4. The van der Waals surface area contributed by atoms with Crippen LogP contribution >= 0.6 is 11.8 Å². The first-order chi connectivity index (χ1) is 26.6. The molecule has 2 heterocycles. The standard InChI is InChI=1S/C41H38N6O6S2/c48-33-24-31(26-42-27-33)37-16-12-30(36-8-4-5-9-38(36)37)28-45-19-21-46(22-20-45)32-13-10-29(11-14-32)41(49)44-55(52,53)35-15-17-39(40(25-35)47(50)51)43-18-23-54-34-6-2-1-3-7-34/h1-17,24-27,43,48H,18-23,28H2,(H,44,49). The van der Waals surface area contributed by atoms with E-state index in [1.807, 2.05) is 42.5 Å². The van der Waals surface area contributed by atoms with Crippen molar-refractivity contribution in [3.05, 3.63) is 149 Å². The highest BCUT2D eigenvalue weighted by atomic mass is 32.2. The molecule has 0 atom stereocenters. The number of carbonyl (C=O) groups excluding carboxylic acids is 1. The van der Waals surface area contributed by atoms with E-state index in [0.717, 1.165) is 71.3 Å². The fraction of sp³-hybridized carbons (Fsp3) is 0.171. The number of pyridine rings is 1. The highest BCUT2D eigenvalue weighted by Crippen LogP contribution is 2.33. The second-order valence-corrected chi connectivity index (χ2v) is 15.9. The van der Waals surface area contributed by atoms with Crippen LogP contribution < -0.4 is 14.9 Å². The molecule has 0 bridgehead atoms. The van der Waals surface area contributed by atoms with Gasteiger partial charge in [0.2, 0.25) is 0 Å². The number of sulfonamides is 1. The van der Waals surface area contributed by atoms with Gasteiger partial charge < -0.3 is 15.3 Å². The minimum atomic E-state index is -4.40. The Morgan fingerprint density at radius 3 is 2.31 bits per heavy atom. The summed E-state index contributed by atoms with van der Waals surface area (Å²) in [6.07, 6.45) is 3.18. The Labute approximate surface area is 323 Å². The van der Waals surface area contributed by atoms with Crippen molar-refractivity contribution in [2.45, 2.75) is 16.3 Å². The molecule has 1 aromatic heterocycles. The van der Waals surface area contributed by atoms with Crippen molar-refractivity contribution in [1.29, 1.82) is 0 Å². The van der Waals surface area contributed by atoms with Crippen LogP contribution in [-0.4, -0.2) is 72.7 Å². The van der Waals surface area contributed by atoms with Gasteiger partial charge in [-0.3, -0.25) is 24.8 Å². The number of aromatic hydroxyl groups is 1. The minimum absolute atomic E-state index is 0.125. The van der Waals surface area contributed by atoms with Gasteiger partial charge in [-0.25, -0.2) is 13.1 Å². The highest BCUT2D eigenvalue weighted by Gasteiger charge is 2.25. The van der Waals surface area contributed by atoms with Gasteiger partial charge in [-0.1, -0.05) is 54.6 Å². The van der Waals surface area contributed by atoms with E-state index in [4.69, 9.17) is 0 Å². The smallest absolute Gasteiger partial charge is 0.293 e. The number of nitrogens with zero attached hydrogens (tertiary/aromatic N) is 4. The van der Waals surface area contributed by atoms with E-state index in [9.17, 15) is 28.4 Å². The van der Waals surface area contributed by atoms with Crippen LogP contribution in [0.3, 0.4) is 0 Å². The van der Waals surface area contributed by atoms with Gasteiger partial charge in [-0.2, -0.15) is 0 Å². The third-order valence-electron chi connectivity index (χ3n) is 9.44. The van der Waals surface area contributed by atoms with Gasteiger partial charge in [0.25, 0.3) is 21.6 Å². The molecule has 12 nitrogen and oxygen atoms in total. The second-order valence-electron chi connectivity index (χ2n) is 13.0. The molecule has 6 aromatic rings. The maximum atomic E-state index is 13.2. The fourth-order valence-corrected chi connectivity index (χ4v) is 8.43. The molecule has 0 saturated carbocycles. The Kier molecular flexibility index (Phi) is 11.3. The maximum Gasteiger partial charge on any atom is 0.293 e. The van der Waals surface area contributed by atoms with Crippen LogP contribution in [0.25, 0.3) is 21.9 Å². The van der Waals surface area contributed by atoms with Crippen LogP contribution in [0, 0.1) is 10.1 Å². The average Bonchev–Trinajstić information content (AvgIpc) is 3.20. The van der Waals surface area contributed by atoms with Gasteiger partial charge >= 0.3 is 0 Å². The first-order valence-electron chi connectivity index (χ1n) is 17.6. The summed E-state index contributed by atoms with van der Waals surface area (Å²) in [5.41, 5.74) is 3.92. The van der Waals surface area contributed by atoms with Crippen LogP contribution in [0.2, 0.25) is 0 Å². The number of nitro benzene ring substituents is 1. The summed E-state index contributed by atoms with van der Waals surface area (Å²) in [5, 5.41) is 27.1. The van der Waals surface area contributed by atoms with Crippen molar-refractivity contribution in [3.8, 4) is 16.9 Å². The first-order valence-corrected chi connectivity index (χ1v) is 20.1. The third kappa shape index (κ3) is 8.89. The molecule has 1 aliphatic rings. The Balaban J connectivity index is 0.940. The van der Waals surface area contributed by atoms with E-state index in [1.165, 1.54) is 23.9 Å². The predicted octanol–water partition coefficient (Wildman–Crippen LogP) is 7.16. The number of hydrogen-bond acceptors (Lipinski definition) is 11. The Morgan fingerprint density at radius 1 is 0.855 bits per heavy atom. The van der Waals surface area contributed by atoms with Crippen molar-refractivity contribution >= 4 is 55.5 Å². The number of benzene rings is 5. The normalized spacial score (nSPS) is 13.4. The molecule has 1 saturated heterocycles. The molecule has 1 aliphatic heterocycles. The molecule has 5 aromatic carbocycles. The van der Waals surface area contributed by atoms with Gasteiger partial charge in [0.1, 0.15) is 11.4 Å². The van der Waals surface area contributed by atoms with E-state index in [1.54, 1.807) is 48.3 Å². The number of nitrogens with one attached hydrogen (secondary N) is 2. The Bertz CT molecular complexity index is 2440. The van der Waals surface area contributed by atoms with Gasteiger partial charge in [0, 0.05) is 79.0 Å². The molecule has 1 amide bonds. The summed E-state index contributed by atoms with van der Waals surface area (Å²) in [7, 11) is -4.40. The molecule has 14 heteroatoms. The van der Waals surface area contributed by atoms with Gasteiger partial charge in [0.15, 0.2) is 0 Å². The number of carbonyl (C=O) groups is 1. The summed E-state index contributed by atoms with van der Waals surface area (Å²) in [4.78, 5) is 33.7. The number of nitro groups is 1. The van der Waals surface area contributed by atoms with Crippen LogP contribution in [0.4, 0.5) is 17.1 Å². The summed E-state index contributed by atoms with van der Waals surface area (Å²) >= 11 is 1.59. The zero-order valence-corrected chi connectivity index (χ0v) is 31.3. The third-order valence-corrected chi connectivity index (χ3v) is 11.8. The van der Waals surface area contributed by atoms with Crippen molar-refractivity contribution in [1.82, 2.24) is 14.6 Å². The molecule has 55 heavy (non-hydrogen) atoms. The lowest BCUT2D eigenvalue weighted by Gasteiger charge is -2.36. The summed E-state index contributed by atoms with van der Waals surface area (Å²) in [6.45, 7) is 4.36. The monoisotopic (exact) mass is 774 g/mol. The van der Waals surface area contributed by atoms with Crippen molar-refractivity contribution in [2.75, 3.05) is 48.7 Å². The molecule has 0 radical (unpaired) electrons. The number of fused-ring (bicyclic) bond motifs is 1. The average molecular weight is 775 g/mol. The predicted molar refractivity (Wildman–Crippen MR) is 216 cm³/mol. The van der Waals surface area contributed by atoms with Gasteiger partial charge in [-0.15, -0.1) is 11.8 Å². The van der Waals surface area contributed by atoms with Crippen LogP contribution in [-0.2, 0) is 16.6 Å². The van der Waals surface area contributed by atoms with E-state index < -0.39 is 26.5 Å². The zero-order valence-electron chi connectivity index (χ0n) is 29.7. The van der Waals surface area contributed by atoms with Gasteiger partial charge in [0.05, 0.1) is 16.0 Å². The lowest BCUT2D eigenvalue weighted by Crippen LogP contribution is -2.46. The van der Waals surface area contributed by atoms with E-state index in [2.05, 4.69) is 49.1 Å². The molecule has 3 N–H and O–H groups in total. The topological polar surface area (TPSA) is 158 Å². The number of amides is 1. The minimum Gasteiger partial charge on any atom is -0.506 e. The van der Waals surface area contributed by atoms with Crippen molar-refractivity contribution in [2.24, 2.45) is 0 Å². The lowest BCUT2D eigenvalue weighted by molar-refractivity contribution is -0.384. The lowest BCUT2D eigenvalue weighted by atomic mass is 9.95. The molecule has 1 fully saturated rings. The molecular formula is C41H38N6O6S2. The number of piperazine rings is 1. The largest absolute Gasteiger partial charge is 0.506 e. The van der Waals surface area contributed by atoms with E-state index >= 15 is 0 Å². The SMILES string of the molecule is O=C(NS(=O)(=O)c1ccc(NCCSc2ccccc2)c([N+](=O)[O-])c1)c1ccc(N2CCN(Cc3ccc(-c4cncc(O)c4)c4ccccc34)CC2)cc1. The number of hydrogen-bond donors (Lipinski definition) is 3. The number of anilines is 2. The number of rotatable bonds is 13. The van der Waals surface area contributed by atoms with Crippen molar-refractivity contribution in [3.63, 3.8) is 0 Å².